The number of benzene rings is 7. The number of hydrogen-bond donors (Lipinski definition) is 0. The second kappa shape index (κ2) is 10.3. The Morgan fingerprint density at radius 2 is 1.04 bits per heavy atom. The van der Waals surface area contributed by atoms with Crippen molar-refractivity contribution in [2.75, 3.05) is 4.90 Å². The predicted octanol–water partition coefficient (Wildman–Crippen LogP) is 11.7. The number of anilines is 3. The lowest BCUT2D eigenvalue weighted by atomic mass is 9.97. The Hall–Kier alpha value is -6.06. The van der Waals surface area contributed by atoms with Crippen LogP contribution >= 0.6 is 0 Å². The second-order valence-corrected chi connectivity index (χ2v) is 11.4. The van der Waals surface area contributed by atoms with Crippen LogP contribution in [-0.2, 0) is 0 Å². The van der Waals surface area contributed by atoms with Crippen molar-refractivity contribution in [2.45, 2.75) is 0 Å². The molecule has 0 bridgehead atoms. The molecular weight excluding hydrogens is 548 g/mol. The number of para-hydroxylation sites is 4. The normalized spacial score (nSPS) is 11.7. The Balaban J connectivity index is 1.36. The van der Waals surface area contributed by atoms with E-state index in [4.69, 9.17) is 4.74 Å². The van der Waals surface area contributed by atoms with Crippen molar-refractivity contribution >= 4 is 38.9 Å². The molecule has 45 heavy (non-hydrogen) atoms. The summed E-state index contributed by atoms with van der Waals surface area (Å²) in [4.78, 5) is 2.34. The van der Waals surface area contributed by atoms with Crippen LogP contribution < -0.4 is 9.64 Å². The Labute approximate surface area is 261 Å². The van der Waals surface area contributed by atoms with Crippen LogP contribution in [0.25, 0.3) is 49.7 Å². The van der Waals surface area contributed by atoms with E-state index in [1.54, 1.807) is 0 Å². The molecule has 0 amide bonds. The quantitative estimate of drug-likeness (QED) is 0.203. The van der Waals surface area contributed by atoms with Crippen LogP contribution in [0.3, 0.4) is 0 Å². The van der Waals surface area contributed by atoms with Crippen LogP contribution in [-0.4, -0.2) is 4.57 Å². The van der Waals surface area contributed by atoms with Gasteiger partial charge in [0, 0.05) is 22.1 Å². The van der Waals surface area contributed by atoms with Crippen molar-refractivity contribution in [1.82, 2.24) is 4.57 Å². The van der Waals surface area contributed by atoms with E-state index in [-0.39, 0.29) is 0 Å². The Bertz CT molecular complexity index is 2280. The fraction of sp³-hybridized carbons (Fsp3) is 0. The van der Waals surface area contributed by atoms with Gasteiger partial charge in [0.15, 0.2) is 11.5 Å². The average Bonchev–Trinajstić information content (AvgIpc) is 3.46. The SMILES string of the molecule is c1ccc(-c2cc(-c3ccccc3)cc(N(c3ccccc3)c3ccc4c5ccccc5n5c4c3Oc3ccccc3-5)c2)cc1. The molecule has 0 saturated carbocycles. The predicted molar refractivity (Wildman–Crippen MR) is 186 cm³/mol. The molecule has 3 nitrogen and oxygen atoms in total. The van der Waals surface area contributed by atoms with Crippen molar-refractivity contribution in [3.63, 3.8) is 0 Å². The highest BCUT2D eigenvalue weighted by atomic mass is 16.5. The van der Waals surface area contributed by atoms with Crippen LogP contribution in [0.1, 0.15) is 0 Å². The molecule has 0 aliphatic carbocycles. The maximum atomic E-state index is 6.90. The van der Waals surface area contributed by atoms with Gasteiger partial charge >= 0.3 is 0 Å². The molecule has 9 rings (SSSR count). The third kappa shape index (κ3) is 4.13. The molecule has 0 atom stereocenters. The van der Waals surface area contributed by atoms with Gasteiger partial charge in [-0.3, -0.25) is 0 Å². The molecule has 0 fully saturated rings. The lowest BCUT2D eigenvalue weighted by molar-refractivity contribution is 0.477. The molecule has 0 spiro atoms. The van der Waals surface area contributed by atoms with Crippen molar-refractivity contribution in [2.24, 2.45) is 0 Å². The fourth-order valence-electron chi connectivity index (χ4n) is 6.72. The van der Waals surface area contributed by atoms with E-state index in [2.05, 4.69) is 173 Å². The summed E-state index contributed by atoms with van der Waals surface area (Å²) in [6.45, 7) is 0. The summed E-state index contributed by atoms with van der Waals surface area (Å²) in [5.74, 6) is 1.69. The largest absolute Gasteiger partial charge is 0.451 e. The molecule has 3 heteroatoms. The first-order valence-corrected chi connectivity index (χ1v) is 15.3. The van der Waals surface area contributed by atoms with Gasteiger partial charge in [-0.1, -0.05) is 109 Å². The number of hydrogen-bond acceptors (Lipinski definition) is 2. The van der Waals surface area contributed by atoms with E-state index in [9.17, 15) is 0 Å². The minimum Gasteiger partial charge on any atom is -0.451 e. The fourth-order valence-corrected chi connectivity index (χ4v) is 6.72. The van der Waals surface area contributed by atoms with Crippen molar-refractivity contribution in [3.8, 4) is 39.4 Å². The minimum atomic E-state index is 0.844. The van der Waals surface area contributed by atoms with Gasteiger partial charge in [-0.2, -0.15) is 0 Å². The van der Waals surface area contributed by atoms with Gasteiger partial charge < -0.3 is 14.2 Å². The van der Waals surface area contributed by atoms with Crippen LogP contribution in [0.15, 0.2) is 170 Å². The zero-order valence-electron chi connectivity index (χ0n) is 24.5. The summed E-state index contributed by atoms with van der Waals surface area (Å²) in [6.07, 6.45) is 0. The molecule has 0 N–H and O–H groups in total. The molecular formula is C42H28N2O. The summed E-state index contributed by atoms with van der Waals surface area (Å²) >= 11 is 0. The molecule has 8 aromatic rings. The van der Waals surface area contributed by atoms with Gasteiger partial charge in [-0.15, -0.1) is 0 Å². The molecule has 0 radical (unpaired) electrons. The van der Waals surface area contributed by atoms with Crippen molar-refractivity contribution in [3.05, 3.63) is 170 Å². The lowest BCUT2D eigenvalue weighted by Crippen LogP contribution is -2.13. The van der Waals surface area contributed by atoms with Gasteiger partial charge in [0.05, 0.1) is 22.4 Å². The highest BCUT2D eigenvalue weighted by Crippen LogP contribution is 2.52. The summed E-state index contributed by atoms with van der Waals surface area (Å²) in [5.41, 5.74) is 11.1. The molecule has 2 heterocycles. The third-order valence-electron chi connectivity index (χ3n) is 8.73. The third-order valence-corrected chi connectivity index (χ3v) is 8.73. The average molecular weight is 577 g/mol. The van der Waals surface area contributed by atoms with Crippen molar-refractivity contribution < 1.29 is 4.74 Å². The number of fused-ring (bicyclic) bond motifs is 5. The first-order chi connectivity index (χ1) is 22.3. The van der Waals surface area contributed by atoms with Crippen LogP contribution in [0.2, 0.25) is 0 Å². The van der Waals surface area contributed by atoms with Gasteiger partial charge in [-0.05, 0) is 82.9 Å². The molecule has 1 aliphatic rings. The zero-order valence-corrected chi connectivity index (χ0v) is 24.5. The Morgan fingerprint density at radius 1 is 0.444 bits per heavy atom. The highest BCUT2D eigenvalue weighted by molar-refractivity contribution is 6.14. The van der Waals surface area contributed by atoms with E-state index >= 15 is 0 Å². The molecule has 1 aliphatic heterocycles. The Morgan fingerprint density at radius 3 is 1.76 bits per heavy atom. The van der Waals surface area contributed by atoms with E-state index in [1.165, 1.54) is 27.4 Å². The lowest BCUT2D eigenvalue weighted by Gasteiger charge is -2.30. The second-order valence-electron chi connectivity index (χ2n) is 11.4. The number of nitrogens with zero attached hydrogens (tertiary/aromatic N) is 2. The number of aromatic nitrogens is 1. The van der Waals surface area contributed by atoms with Gasteiger partial charge in [0.25, 0.3) is 0 Å². The molecule has 1 aromatic heterocycles. The smallest absolute Gasteiger partial charge is 0.176 e. The maximum Gasteiger partial charge on any atom is 0.176 e. The van der Waals surface area contributed by atoms with E-state index in [0.717, 1.165) is 50.9 Å². The van der Waals surface area contributed by atoms with E-state index in [1.807, 2.05) is 6.07 Å². The monoisotopic (exact) mass is 576 g/mol. The first kappa shape index (κ1) is 25.4. The summed E-state index contributed by atoms with van der Waals surface area (Å²) in [6, 6.07) is 60.1. The minimum absolute atomic E-state index is 0.844. The van der Waals surface area contributed by atoms with Crippen molar-refractivity contribution in [1.29, 1.82) is 0 Å². The van der Waals surface area contributed by atoms with Crippen LogP contribution in [0.4, 0.5) is 17.1 Å². The van der Waals surface area contributed by atoms with Crippen LogP contribution in [0.5, 0.6) is 11.5 Å². The maximum absolute atomic E-state index is 6.90. The summed E-state index contributed by atoms with van der Waals surface area (Å²) < 4.78 is 9.26. The summed E-state index contributed by atoms with van der Waals surface area (Å²) in [5, 5.41) is 2.39. The highest BCUT2D eigenvalue weighted by Gasteiger charge is 2.29. The number of rotatable bonds is 5. The molecule has 0 unspecified atom stereocenters. The Kier molecular flexibility index (Phi) is 5.82. The zero-order chi connectivity index (χ0) is 29.7. The van der Waals surface area contributed by atoms with Gasteiger partial charge in [-0.25, -0.2) is 0 Å². The first-order valence-electron chi connectivity index (χ1n) is 15.3. The molecule has 7 aromatic carbocycles. The van der Waals surface area contributed by atoms with E-state index < -0.39 is 0 Å². The topological polar surface area (TPSA) is 17.4 Å². The van der Waals surface area contributed by atoms with Gasteiger partial charge in [0.2, 0.25) is 0 Å². The molecule has 212 valence electrons. The van der Waals surface area contributed by atoms with Gasteiger partial charge in [0.1, 0.15) is 0 Å². The standard InChI is InChI=1S/C42H28N2O/c1-4-14-29(15-5-1)31-26-32(30-16-6-2-7-17-30)28-34(27-31)43(33-18-8-3-9-19-33)39-25-24-36-35-20-10-11-21-37(35)44-38-22-12-13-23-40(38)45-42(39)41(36)44/h1-28H. The number of ether oxygens (including phenoxy) is 1. The van der Waals surface area contributed by atoms with Crippen LogP contribution in [0, 0.1) is 0 Å². The molecule has 0 saturated heterocycles. The summed E-state index contributed by atoms with van der Waals surface area (Å²) in [7, 11) is 0. The van der Waals surface area contributed by atoms with E-state index in [0.29, 0.717) is 0 Å².